The number of benzene rings is 1. The SMILES string of the molecule is Nc1ccc(F)c(C(F)F)c1N. The molecule has 0 fully saturated rings. The molecule has 0 atom stereocenters. The molecule has 0 bridgehead atoms. The van der Waals surface area contributed by atoms with E-state index < -0.39 is 17.8 Å². The number of nitrogens with two attached hydrogens (primary N) is 2. The van der Waals surface area contributed by atoms with Crippen LogP contribution in [0.3, 0.4) is 0 Å². The van der Waals surface area contributed by atoms with E-state index in [1.165, 1.54) is 0 Å². The number of hydrogen-bond donors (Lipinski definition) is 2. The van der Waals surface area contributed by atoms with Crippen LogP contribution in [0.15, 0.2) is 12.1 Å². The van der Waals surface area contributed by atoms with Gasteiger partial charge in [-0.15, -0.1) is 0 Å². The van der Waals surface area contributed by atoms with Crippen molar-refractivity contribution in [1.82, 2.24) is 0 Å². The number of alkyl halides is 2. The maximum absolute atomic E-state index is 12.7. The molecule has 4 N–H and O–H groups in total. The van der Waals surface area contributed by atoms with E-state index in [4.69, 9.17) is 11.5 Å². The van der Waals surface area contributed by atoms with Crippen LogP contribution in [-0.2, 0) is 0 Å². The molecule has 0 saturated heterocycles. The predicted octanol–water partition coefficient (Wildman–Crippen LogP) is 1.93. The molecular weight excluding hydrogens is 169 g/mol. The fourth-order valence-electron chi connectivity index (χ4n) is 0.848. The van der Waals surface area contributed by atoms with Crippen LogP contribution < -0.4 is 11.5 Å². The largest absolute Gasteiger partial charge is 0.397 e. The third-order valence-electron chi connectivity index (χ3n) is 1.49. The monoisotopic (exact) mass is 176 g/mol. The fourth-order valence-corrected chi connectivity index (χ4v) is 0.848. The lowest BCUT2D eigenvalue weighted by atomic mass is 10.1. The summed E-state index contributed by atoms with van der Waals surface area (Å²) >= 11 is 0. The number of anilines is 2. The van der Waals surface area contributed by atoms with Crippen molar-refractivity contribution < 1.29 is 13.2 Å². The van der Waals surface area contributed by atoms with E-state index in [0.29, 0.717) is 0 Å². The Labute approximate surface area is 67.0 Å². The molecule has 1 aromatic carbocycles. The zero-order valence-electron chi connectivity index (χ0n) is 6.02. The van der Waals surface area contributed by atoms with Crippen LogP contribution in [0.4, 0.5) is 24.5 Å². The molecule has 66 valence electrons. The summed E-state index contributed by atoms with van der Waals surface area (Å²) in [4.78, 5) is 0. The molecule has 2 nitrogen and oxygen atoms in total. The van der Waals surface area contributed by atoms with Crippen molar-refractivity contribution in [3.05, 3.63) is 23.5 Å². The van der Waals surface area contributed by atoms with E-state index in [-0.39, 0.29) is 11.4 Å². The van der Waals surface area contributed by atoms with E-state index in [1.54, 1.807) is 0 Å². The Hall–Kier alpha value is -1.39. The van der Waals surface area contributed by atoms with Gasteiger partial charge in [-0.25, -0.2) is 13.2 Å². The van der Waals surface area contributed by atoms with Crippen molar-refractivity contribution in [1.29, 1.82) is 0 Å². The topological polar surface area (TPSA) is 52.0 Å². The van der Waals surface area contributed by atoms with Gasteiger partial charge in [0, 0.05) is 0 Å². The third kappa shape index (κ3) is 1.30. The summed E-state index contributed by atoms with van der Waals surface area (Å²) in [7, 11) is 0. The lowest BCUT2D eigenvalue weighted by Gasteiger charge is -2.07. The normalized spacial score (nSPS) is 10.7. The van der Waals surface area contributed by atoms with Gasteiger partial charge in [0.15, 0.2) is 0 Å². The minimum atomic E-state index is -2.94. The van der Waals surface area contributed by atoms with Gasteiger partial charge in [-0.3, -0.25) is 0 Å². The number of nitrogen functional groups attached to an aromatic ring is 2. The van der Waals surface area contributed by atoms with Gasteiger partial charge in [0.25, 0.3) is 6.43 Å². The first-order chi connectivity index (χ1) is 5.54. The lowest BCUT2D eigenvalue weighted by molar-refractivity contribution is 0.147. The highest BCUT2D eigenvalue weighted by atomic mass is 19.3. The molecule has 0 aliphatic carbocycles. The molecule has 5 heteroatoms. The zero-order chi connectivity index (χ0) is 9.30. The standard InChI is InChI=1S/C7H7F3N2/c8-3-1-2-4(11)6(12)5(3)7(9)10/h1-2,7H,11-12H2. The van der Waals surface area contributed by atoms with E-state index in [1.807, 2.05) is 0 Å². The Kier molecular flexibility index (Phi) is 2.12. The minimum absolute atomic E-state index is 0.0355. The van der Waals surface area contributed by atoms with Gasteiger partial charge < -0.3 is 11.5 Å². The Morgan fingerprint density at radius 3 is 2.17 bits per heavy atom. The lowest BCUT2D eigenvalue weighted by Crippen LogP contribution is -2.02. The summed E-state index contributed by atoms with van der Waals surface area (Å²) < 4.78 is 36.9. The molecule has 12 heavy (non-hydrogen) atoms. The second kappa shape index (κ2) is 2.92. The molecule has 0 heterocycles. The van der Waals surface area contributed by atoms with Gasteiger partial charge in [-0.1, -0.05) is 0 Å². The van der Waals surface area contributed by atoms with E-state index >= 15 is 0 Å². The molecule has 0 radical (unpaired) electrons. The Balaban J connectivity index is 3.33. The van der Waals surface area contributed by atoms with Gasteiger partial charge >= 0.3 is 0 Å². The summed E-state index contributed by atoms with van der Waals surface area (Å²) in [6.07, 6.45) is -2.94. The van der Waals surface area contributed by atoms with Crippen molar-refractivity contribution in [3.63, 3.8) is 0 Å². The van der Waals surface area contributed by atoms with Crippen molar-refractivity contribution >= 4 is 11.4 Å². The second-order valence-corrected chi connectivity index (χ2v) is 2.26. The van der Waals surface area contributed by atoms with Crippen LogP contribution in [0.25, 0.3) is 0 Å². The summed E-state index contributed by atoms with van der Waals surface area (Å²) in [5.74, 6) is -1.03. The maximum atomic E-state index is 12.7. The maximum Gasteiger partial charge on any atom is 0.268 e. The smallest absolute Gasteiger partial charge is 0.268 e. The highest BCUT2D eigenvalue weighted by Gasteiger charge is 2.18. The third-order valence-corrected chi connectivity index (χ3v) is 1.49. The van der Waals surface area contributed by atoms with Crippen LogP contribution in [0.5, 0.6) is 0 Å². The molecule has 0 unspecified atom stereocenters. The highest BCUT2D eigenvalue weighted by Crippen LogP contribution is 2.31. The van der Waals surface area contributed by atoms with Crippen LogP contribution in [-0.4, -0.2) is 0 Å². The first-order valence-electron chi connectivity index (χ1n) is 3.15. The van der Waals surface area contributed by atoms with Gasteiger partial charge in [-0.2, -0.15) is 0 Å². The quantitative estimate of drug-likeness (QED) is 0.642. The number of rotatable bonds is 1. The van der Waals surface area contributed by atoms with Gasteiger partial charge in [-0.05, 0) is 12.1 Å². The van der Waals surface area contributed by atoms with Crippen LogP contribution in [0.1, 0.15) is 12.0 Å². The molecule has 0 aliphatic rings. The molecular formula is C7H7F3N2. The number of hydrogen-bond acceptors (Lipinski definition) is 2. The van der Waals surface area contributed by atoms with Gasteiger partial charge in [0.05, 0.1) is 16.9 Å². The van der Waals surface area contributed by atoms with Crippen LogP contribution in [0.2, 0.25) is 0 Å². The van der Waals surface area contributed by atoms with E-state index in [9.17, 15) is 13.2 Å². The fraction of sp³-hybridized carbons (Fsp3) is 0.143. The average molecular weight is 176 g/mol. The van der Waals surface area contributed by atoms with E-state index in [2.05, 4.69) is 0 Å². The zero-order valence-corrected chi connectivity index (χ0v) is 6.02. The summed E-state index contributed by atoms with van der Waals surface area (Å²) in [5, 5.41) is 0. The second-order valence-electron chi connectivity index (χ2n) is 2.26. The first kappa shape index (κ1) is 8.70. The summed E-state index contributed by atoms with van der Waals surface area (Å²) in [5.41, 5.74) is 9.10. The average Bonchev–Trinajstić information content (AvgIpc) is 1.97. The predicted molar refractivity (Wildman–Crippen MR) is 40.2 cm³/mol. The van der Waals surface area contributed by atoms with Crippen LogP contribution in [0, 0.1) is 5.82 Å². The molecule has 1 rings (SSSR count). The molecule has 0 aromatic heterocycles. The first-order valence-corrected chi connectivity index (χ1v) is 3.15. The summed E-state index contributed by atoms with van der Waals surface area (Å²) in [6.45, 7) is 0. The molecule has 0 amide bonds. The van der Waals surface area contributed by atoms with Gasteiger partial charge in [0.2, 0.25) is 0 Å². The molecule has 0 spiro atoms. The van der Waals surface area contributed by atoms with Gasteiger partial charge in [0.1, 0.15) is 5.82 Å². The van der Waals surface area contributed by atoms with Crippen LogP contribution >= 0.6 is 0 Å². The Morgan fingerprint density at radius 1 is 1.17 bits per heavy atom. The van der Waals surface area contributed by atoms with Crippen molar-refractivity contribution in [2.45, 2.75) is 6.43 Å². The highest BCUT2D eigenvalue weighted by molar-refractivity contribution is 5.67. The van der Waals surface area contributed by atoms with Crippen molar-refractivity contribution in [2.24, 2.45) is 0 Å². The minimum Gasteiger partial charge on any atom is -0.397 e. The molecule has 1 aromatic rings. The number of halogens is 3. The van der Waals surface area contributed by atoms with Crippen molar-refractivity contribution in [3.8, 4) is 0 Å². The Bertz CT molecular complexity index is 299. The molecule has 0 saturated carbocycles. The molecule has 0 aliphatic heterocycles. The van der Waals surface area contributed by atoms with E-state index in [0.717, 1.165) is 12.1 Å². The summed E-state index contributed by atoms with van der Waals surface area (Å²) in [6, 6.07) is 2.02. The Morgan fingerprint density at radius 2 is 1.75 bits per heavy atom. The van der Waals surface area contributed by atoms with Crippen molar-refractivity contribution in [2.75, 3.05) is 11.5 Å².